The molecule has 0 bridgehead atoms. The van der Waals surface area contributed by atoms with Crippen molar-refractivity contribution in [3.63, 3.8) is 0 Å². The fraction of sp³-hybridized carbons (Fsp3) is 0. The number of carbonyl (C=O) groups excluding carboxylic acids is 1. The number of para-hydroxylation sites is 1. The zero-order chi connectivity index (χ0) is 17.8. The van der Waals surface area contributed by atoms with Crippen LogP contribution in [0.2, 0.25) is 0 Å². The smallest absolute Gasteiger partial charge is 0.258 e. The minimum absolute atomic E-state index is 0.285. The molecule has 0 aliphatic carbocycles. The topological polar surface area (TPSA) is 54.0 Å². The van der Waals surface area contributed by atoms with E-state index in [1.807, 2.05) is 30.3 Å². The predicted octanol–water partition coefficient (Wildman–Crippen LogP) is 4.49. The first kappa shape index (κ1) is 16.5. The molecule has 3 aromatic rings. The van der Waals surface area contributed by atoms with Gasteiger partial charge in [0.2, 0.25) is 0 Å². The highest BCUT2D eigenvalue weighted by molar-refractivity contribution is 6.04. The molecule has 0 saturated heterocycles. The van der Waals surface area contributed by atoms with Crippen molar-refractivity contribution in [3.8, 4) is 0 Å². The molecule has 1 heterocycles. The Morgan fingerprint density at radius 1 is 0.840 bits per heavy atom. The van der Waals surface area contributed by atoms with Gasteiger partial charge in [0.15, 0.2) is 17.5 Å². The number of nitrogens with one attached hydrogen (secondary N) is 2. The molecule has 0 unspecified atom stereocenters. The van der Waals surface area contributed by atoms with Crippen molar-refractivity contribution in [2.75, 3.05) is 10.6 Å². The Labute approximate surface area is 141 Å². The highest BCUT2D eigenvalue weighted by Crippen LogP contribution is 2.18. The Kier molecular flexibility index (Phi) is 4.65. The fourth-order valence-corrected chi connectivity index (χ4v) is 2.11. The highest BCUT2D eigenvalue weighted by Gasteiger charge is 2.18. The molecule has 2 aromatic carbocycles. The molecule has 0 fully saturated rings. The first-order valence-electron chi connectivity index (χ1n) is 7.27. The molecular weight excluding hydrogens is 331 g/mol. The molecule has 0 radical (unpaired) electrons. The normalized spacial score (nSPS) is 10.4. The second-order valence-corrected chi connectivity index (χ2v) is 5.10. The van der Waals surface area contributed by atoms with Gasteiger partial charge < -0.3 is 10.6 Å². The van der Waals surface area contributed by atoms with E-state index in [2.05, 4.69) is 15.6 Å². The van der Waals surface area contributed by atoms with E-state index in [1.165, 1.54) is 6.20 Å². The number of pyridine rings is 1. The Bertz CT molecular complexity index is 899. The Balaban J connectivity index is 1.71. The summed E-state index contributed by atoms with van der Waals surface area (Å²) in [6.45, 7) is 0. The molecular formula is C18H12F3N3O. The third kappa shape index (κ3) is 3.77. The molecule has 0 atom stereocenters. The molecule has 7 heteroatoms. The van der Waals surface area contributed by atoms with Crippen molar-refractivity contribution in [1.29, 1.82) is 0 Å². The Morgan fingerprint density at radius 2 is 1.60 bits per heavy atom. The molecule has 25 heavy (non-hydrogen) atoms. The van der Waals surface area contributed by atoms with Crippen LogP contribution in [-0.2, 0) is 0 Å². The van der Waals surface area contributed by atoms with Crippen LogP contribution in [0.5, 0.6) is 0 Å². The van der Waals surface area contributed by atoms with Gasteiger partial charge >= 0.3 is 0 Å². The molecule has 0 aliphatic heterocycles. The second-order valence-electron chi connectivity index (χ2n) is 5.10. The molecule has 0 aliphatic rings. The summed E-state index contributed by atoms with van der Waals surface area (Å²) in [5.74, 6) is -4.93. The van der Waals surface area contributed by atoms with E-state index in [9.17, 15) is 18.0 Å². The van der Waals surface area contributed by atoms with Crippen LogP contribution in [0.15, 0.2) is 60.8 Å². The quantitative estimate of drug-likeness (QED) is 0.686. The molecule has 126 valence electrons. The summed E-state index contributed by atoms with van der Waals surface area (Å²) in [6.07, 6.45) is 1.36. The standard InChI is InChI=1S/C18H12F3N3O/c19-14-8-7-13(16(20)17(14)21)18(25)24-12-6-9-15(22-10-12)23-11-4-2-1-3-5-11/h1-10H,(H,22,23)(H,24,25). The van der Waals surface area contributed by atoms with Crippen LogP contribution in [0.3, 0.4) is 0 Å². The largest absolute Gasteiger partial charge is 0.340 e. The number of rotatable bonds is 4. The zero-order valence-corrected chi connectivity index (χ0v) is 12.8. The van der Waals surface area contributed by atoms with Crippen LogP contribution in [0.4, 0.5) is 30.4 Å². The minimum Gasteiger partial charge on any atom is -0.340 e. The lowest BCUT2D eigenvalue weighted by Gasteiger charge is -2.08. The summed E-state index contributed by atoms with van der Waals surface area (Å²) >= 11 is 0. The van der Waals surface area contributed by atoms with Gasteiger partial charge in [0.25, 0.3) is 5.91 Å². The summed E-state index contributed by atoms with van der Waals surface area (Å²) in [6, 6.07) is 14.1. The van der Waals surface area contributed by atoms with Crippen molar-refractivity contribution in [3.05, 3.63) is 83.8 Å². The third-order valence-electron chi connectivity index (χ3n) is 3.35. The van der Waals surface area contributed by atoms with Gasteiger partial charge in [-0.05, 0) is 36.4 Å². The number of amides is 1. The highest BCUT2D eigenvalue weighted by atomic mass is 19.2. The monoisotopic (exact) mass is 343 g/mol. The number of hydrogen-bond donors (Lipinski definition) is 2. The maximum absolute atomic E-state index is 13.6. The van der Waals surface area contributed by atoms with Crippen LogP contribution in [-0.4, -0.2) is 10.9 Å². The second kappa shape index (κ2) is 7.04. The lowest BCUT2D eigenvalue weighted by molar-refractivity contribution is 0.102. The maximum atomic E-state index is 13.6. The van der Waals surface area contributed by atoms with E-state index in [-0.39, 0.29) is 5.69 Å². The van der Waals surface area contributed by atoms with Gasteiger partial charge in [0, 0.05) is 5.69 Å². The number of halogens is 3. The average Bonchev–Trinajstić information content (AvgIpc) is 2.62. The lowest BCUT2D eigenvalue weighted by Crippen LogP contribution is -2.15. The summed E-state index contributed by atoms with van der Waals surface area (Å²) < 4.78 is 39.7. The molecule has 1 aromatic heterocycles. The van der Waals surface area contributed by atoms with Gasteiger partial charge in [-0.2, -0.15) is 0 Å². The molecule has 3 rings (SSSR count). The van der Waals surface area contributed by atoms with Gasteiger partial charge in [0.05, 0.1) is 17.4 Å². The van der Waals surface area contributed by atoms with Gasteiger partial charge in [0.1, 0.15) is 5.82 Å². The third-order valence-corrected chi connectivity index (χ3v) is 3.35. The van der Waals surface area contributed by atoms with E-state index in [0.29, 0.717) is 11.9 Å². The Morgan fingerprint density at radius 3 is 2.28 bits per heavy atom. The number of aromatic nitrogens is 1. The summed E-state index contributed by atoms with van der Waals surface area (Å²) in [5, 5.41) is 5.44. The fourth-order valence-electron chi connectivity index (χ4n) is 2.11. The molecule has 4 nitrogen and oxygen atoms in total. The van der Waals surface area contributed by atoms with E-state index in [4.69, 9.17) is 0 Å². The van der Waals surface area contributed by atoms with Crippen LogP contribution in [0.1, 0.15) is 10.4 Å². The SMILES string of the molecule is O=C(Nc1ccc(Nc2ccccc2)nc1)c1ccc(F)c(F)c1F. The van der Waals surface area contributed by atoms with Crippen molar-refractivity contribution >= 4 is 23.1 Å². The molecule has 2 N–H and O–H groups in total. The van der Waals surface area contributed by atoms with Gasteiger partial charge in [-0.3, -0.25) is 4.79 Å². The number of benzene rings is 2. The van der Waals surface area contributed by atoms with Crippen molar-refractivity contribution in [2.24, 2.45) is 0 Å². The van der Waals surface area contributed by atoms with Crippen LogP contribution in [0.25, 0.3) is 0 Å². The summed E-state index contributed by atoms with van der Waals surface area (Å²) in [7, 11) is 0. The van der Waals surface area contributed by atoms with Gasteiger partial charge in [-0.25, -0.2) is 18.2 Å². The molecule has 0 spiro atoms. The average molecular weight is 343 g/mol. The van der Waals surface area contributed by atoms with Gasteiger partial charge in [-0.1, -0.05) is 18.2 Å². The lowest BCUT2D eigenvalue weighted by atomic mass is 10.2. The Hall–Kier alpha value is -3.35. The summed E-state index contributed by atoms with van der Waals surface area (Å²) in [5.41, 5.74) is 0.536. The number of hydrogen-bond acceptors (Lipinski definition) is 3. The van der Waals surface area contributed by atoms with Gasteiger partial charge in [-0.15, -0.1) is 0 Å². The van der Waals surface area contributed by atoms with E-state index in [1.54, 1.807) is 12.1 Å². The van der Waals surface area contributed by atoms with Crippen LogP contribution >= 0.6 is 0 Å². The van der Waals surface area contributed by atoms with Crippen molar-refractivity contribution in [2.45, 2.75) is 0 Å². The minimum atomic E-state index is -1.69. The zero-order valence-electron chi connectivity index (χ0n) is 12.8. The number of nitrogens with zero attached hydrogens (tertiary/aromatic N) is 1. The first-order chi connectivity index (χ1) is 12.0. The molecule has 0 saturated carbocycles. The van der Waals surface area contributed by atoms with Crippen molar-refractivity contribution < 1.29 is 18.0 Å². The van der Waals surface area contributed by atoms with Crippen molar-refractivity contribution in [1.82, 2.24) is 4.98 Å². The van der Waals surface area contributed by atoms with Crippen LogP contribution in [0, 0.1) is 17.5 Å². The number of anilines is 3. The predicted molar refractivity (Wildman–Crippen MR) is 88.2 cm³/mol. The number of carbonyl (C=O) groups is 1. The van der Waals surface area contributed by atoms with E-state index >= 15 is 0 Å². The first-order valence-corrected chi connectivity index (χ1v) is 7.27. The van der Waals surface area contributed by atoms with E-state index in [0.717, 1.165) is 11.8 Å². The summed E-state index contributed by atoms with van der Waals surface area (Å²) in [4.78, 5) is 16.1. The van der Waals surface area contributed by atoms with E-state index < -0.39 is 28.9 Å². The van der Waals surface area contributed by atoms with Crippen LogP contribution < -0.4 is 10.6 Å². The maximum Gasteiger partial charge on any atom is 0.258 e. The molecule has 1 amide bonds.